The first kappa shape index (κ1) is 13.4. The molecule has 88 valence electrons. The van der Waals surface area contributed by atoms with Crippen LogP contribution in [0.5, 0.6) is 0 Å². The van der Waals surface area contributed by atoms with Gasteiger partial charge in [-0.1, -0.05) is 6.07 Å². The number of para-hydroxylation sites is 1. The third-order valence-electron chi connectivity index (χ3n) is 1.65. The Balaban J connectivity index is 3.48. The summed E-state index contributed by atoms with van der Waals surface area (Å²) in [6.07, 6.45) is 0. The maximum atomic E-state index is 11.3. The zero-order chi connectivity index (χ0) is 12.3. The van der Waals surface area contributed by atoms with Crippen molar-refractivity contribution in [1.29, 1.82) is 0 Å². The van der Waals surface area contributed by atoms with Crippen LogP contribution in [-0.4, -0.2) is 20.1 Å². The molecule has 1 aromatic rings. The van der Waals surface area contributed by atoms with Gasteiger partial charge in [0.2, 0.25) is 10.0 Å². The van der Waals surface area contributed by atoms with Gasteiger partial charge in [-0.3, -0.25) is 0 Å². The van der Waals surface area contributed by atoms with Crippen molar-refractivity contribution in [3.05, 3.63) is 22.7 Å². The number of benzene rings is 1. The molecule has 5 nitrogen and oxygen atoms in total. The lowest BCUT2D eigenvalue weighted by Crippen LogP contribution is -2.15. The number of hydrogen-bond acceptors (Lipinski definition) is 3. The van der Waals surface area contributed by atoms with Gasteiger partial charge in [0.05, 0.1) is 11.6 Å². The van der Waals surface area contributed by atoms with Crippen LogP contribution in [0.3, 0.4) is 0 Å². The fraction of sp³-hybridized carbons (Fsp3) is 0.125. The Bertz CT molecular complexity index is 530. The lowest BCUT2D eigenvalue weighted by atomic mass is 10.3. The third kappa shape index (κ3) is 3.18. The minimum atomic E-state index is -3.85. The predicted molar refractivity (Wildman–Crippen MR) is 67.5 cm³/mol. The lowest BCUT2D eigenvalue weighted by Gasteiger charge is -2.06. The smallest absolute Gasteiger partial charge is 0.240 e. The van der Waals surface area contributed by atoms with Crippen LogP contribution in [0.25, 0.3) is 0 Å². The Morgan fingerprint density at radius 3 is 2.62 bits per heavy atom. The fourth-order valence-corrected chi connectivity index (χ4v) is 2.35. The number of rotatable bonds is 3. The summed E-state index contributed by atoms with van der Waals surface area (Å²) in [7, 11) is -3.85. The highest BCUT2D eigenvalue weighted by Crippen LogP contribution is 2.31. The van der Waals surface area contributed by atoms with Crippen molar-refractivity contribution in [3.63, 3.8) is 0 Å². The standard InChI is InChI=1S/C8H9BrClN3O2S/c9-5-2-1-3-6(16(12,14)15)8(5)13-7(11)4-10/h1-3H,4H2,(H2,11,13)(H2,12,14,15). The summed E-state index contributed by atoms with van der Waals surface area (Å²) >= 11 is 8.64. The average molecular weight is 327 g/mol. The molecule has 1 aromatic carbocycles. The van der Waals surface area contributed by atoms with E-state index in [9.17, 15) is 8.42 Å². The number of amidine groups is 1. The van der Waals surface area contributed by atoms with Crippen LogP contribution in [0.15, 0.2) is 32.6 Å². The fourth-order valence-electron chi connectivity index (χ4n) is 1.01. The number of nitrogens with zero attached hydrogens (tertiary/aromatic N) is 1. The second kappa shape index (κ2) is 5.13. The first-order chi connectivity index (χ1) is 7.36. The quantitative estimate of drug-likeness (QED) is 0.498. The van der Waals surface area contributed by atoms with E-state index in [4.69, 9.17) is 22.5 Å². The van der Waals surface area contributed by atoms with E-state index in [0.29, 0.717) is 4.47 Å². The zero-order valence-corrected chi connectivity index (χ0v) is 11.2. The molecule has 8 heteroatoms. The molecule has 0 aliphatic carbocycles. The molecule has 0 aliphatic rings. The molecule has 0 saturated carbocycles. The second-order valence-electron chi connectivity index (χ2n) is 2.87. The van der Waals surface area contributed by atoms with Crippen LogP contribution >= 0.6 is 27.5 Å². The van der Waals surface area contributed by atoms with Crippen LogP contribution in [0, 0.1) is 0 Å². The molecule has 4 N–H and O–H groups in total. The summed E-state index contributed by atoms with van der Waals surface area (Å²) in [4.78, 5) is 3.80. The first-order valence-corrected chi connectivity index (χ1v) is 6.94. The molecular weight excluding hydrogens is 318 g/mol. The molecular formula is C8H9BrClN3O2S. The predicted octanol–water partition coefficient (Wildman–Crippen LogP) is 1.32. The summed E-state index contributed by atoms with van der Waals surface area (Å²) in [6, 6.07) is 4.52. The van der Waals surface area contributed by atoms with Crippen LogP contribution < -0.4 is 10.9 Å². The molecule has 0 radical (unpaired) electrons. The highest BCUT2D eigenvalue weighted by Gasteiger charge is 2.15. The molecule has 16 heavy (non-hydrogen) atoms. The average Bonchev–Trinajstić information content (AvgIpc) is 2.19. The Labute approximate surface area is 107 Å². The number of sulfonamides is 1. The van der Waals surface area contributed by atoms with Gasteiger partial charge in [0, 0.05) is 4.47 Å². The summed E-state index contributed by atoms with van der Waals surface area (Å²) < 4.78 is 23.1. The van der Waals surface area contributed by atoms with Crippen LogP contribution in [0.4, 0.5) is 5.69 Å². The summed E-state index contributed by atoms with van der Waals surface area (Å²) in [5.74, 6) is 0.115. The highest BCUT2D eigenvalue weighted by molar-refractivity contribution is 9.10. The van der Waals surface area contributed by atoms with Gasteiger partial charge in [-0.25, -0.2) is 18.5 Å². The molecule has 0 atom stereocenters. The minimum absolute atomic E-state index is 0.00535. The van der Waals surface area contributed by atoms with Gasteiger partial charge in [0.25, 0.3) is 0 Å². The molecule has 0 unspecified atom stereocenters. The number of nitrogens with two attached hydrogens (primary N) is 2. The molecule has 0 aliphatic heterocycles. The van der Waals surface area contributed by atoms with Gasteiger partial charge < -0.3 is 5.73 Å². The monoisotopic (exact) mass is 325 g/mol. The Kier molecular flexibility index (Phi) is 4.31. The van der Waals surface area contributed by atoms with E-state index in [1.165, 1.54) is 6.07 Å². The van der Waals surface area contributed by atoms with E-state index in [2.05, 4.69) is 20.9 Å². The minimum Gasteiger partial charge on any atom is -0.386 e. The molecule has 0 fully saturated rings. The zero-order valence-electron chi connectivity index (χ0n) is 8.02. The van der Waals surface area contributed by atoms with E-state index in [0.717, 1.165) is 0 Å². The van der Waals surface area contributed by atoms with E-state index in [1.54, 1.807) is 12.1 Å². The Hall–Kier alpha value is -0.630. The molecule has 0 spiro atoms. The maximum Gasteiger partial charge on any atom is 0.240 e. The Morgan fingerprint density at radius 2 is 2.12 bits per heavy atom. The maximum absolute atomic E-state index is 11.3. The lowest BCUT2D eigenvalue weighted by molar-refractivity contribution is 0.598. The van der Waals surface area contributed by atoms with Crippen molar-refractivity contribution in [2.75, 3.05) is 5.88 Å². The van der Waals surface area contributed by atoms with Gasteiger partial charge >= 0.3 is 0 Å². The molecule has 0 bridgehead atoms. The second-order valence-corrected chi connectivity index (χ2v) is 5.52. The molecule has 1 rings (SSSR count). The number of primary sulfonamides is 1. The topological polar surface area (TPSA) is 98.5 Å². The summed E-state index contributed by atoms with van der Waals surface area (Å²) in [5.41, 5.74) is 5.60. The van der Waals surface area contributed by atoms with Crippen molar-refractivity contribution in [1.82, 2.24) is 0 Å². The normalized spacial score (nSPS) is 12.8. The Morgan fingerprint density at radius 1 is 1.50 bits per heavy atom. The van der Waals surface area contributed by atoms with Crippen molar-refractivity contribution in [2.24, 2.45) is 15.9 Å². The van der Waals surface area contributed by atoms with Crippen LogP contribution in [-0.2, 0) is 10.0 Å². The van der Waals surface area contributed by atoms with Gasteiger partial charge in [0.15, 0.2) is 0 Å². The number of aliphatic imine (C=N–C) groups is 1. The van der Waals surface area contributed by atoms with E-state index in [1.807, 2.05) is 0 Å². The molecule has 0 heterocycles. The van der Waals surface area contributed by atoms with Crippen molar-refractivity contribution < 1.29 is 8.42 Å². The highest BCUT2D eigenvalue weighted by atomic mass is 79.9. The van der Waals surface area contributed by atoms with Gasteiger partial charge in [0.1, 0.15) is 10.7 Å². The van der Waals surface area contributed by atoms with Crippen molar-refractivity contribution in [2.45, 2.75) is 4.90 Å². The SMILES string of the molecule is NC(CCl)=Nc1c(Br)cccc1S(N)(=O)=O. The van der Waals surface area contributed by atoms with Gasteiger partial charge in [-0.15, -0.1) is 11.6 Å². The van der Waals surface area contributed by atoms with Crippen LogP contribution in [0.1, 0.15) is 0 Å². The van der Waals surface area contributed by atoms with Crippen molar-refractivity contribution in [3.8, 4) is 0 Å². The number of alkyl halides is 1. The third-order valence-corrected chi connectivity index (χ3v) is 3.50. The van der Waals surface area contributed by atoms with E-state index in [-0.39, 0.29) is 22.3 Å². The number of hydrogen-bond donors (Lipinski definition) is 2. The molecule has 0 amide bonds. The summed E-state index contributed by atoms with van der Waals surface area (Å²) in [5, 5.41) is 5.05. The van der Waals surface area contributed by atoms with Crippen molar-refractivity contribution >= 4 is 49.1 Å². The number of halogens is 2. The van der Waals surface area contributed by atoms with E-state index >= 15 is 0 Å². The van der Waals surface area contributed by atoms with Gasteiger partial charge in [-0.05, 0) is 28.1 Å². The van der Waals surface area contributed by atoms with Gasteiger partial charge in [-0.2, -0.15) is 0 Å². The van der Waals surface area contributed by atoms with E-state index < -0.39 is 10.0 Å². The summed E-state index contributed by atoms with van der Waals surface area (Å²) in [6.45, 7) is 0. The molecule has 0 saturated heterocycles. The largest absolute Gasteiger partial charge is 0.386 e. The molecule has 0 aromatic heterocycles. The van der Waals surface area contributed by atoms with Crippen LogP contribution in [0.2, 0.25) is 0 Å². The first-order valence-electron chi connectivity index (χ1n) is 4.06.